The van der Waals surface area contributed by atoms with Gasteiger partial charge in [-0.2, -0.15) is 0 Å². The van der Waals surface area contributed by atoms with Gasteiger partial charge in [-0.3, -0.25) is 0 Å². The summed E-state index contributed by atoms with van der Waals surface area (Å²) in [7, 11) is 0. The van der Waals surface area contributed by atoms with Crippen LogP contribution in [0.3, 0.4) is 0 Å². The molecule has 0 spiro atoms. The lowest BCUT2D eigenvalue weighted by molar-refractivity contribution is 0.632. The summed E-state index contributed by atoms with van der Waals surface area (Å²) in [6, 6.07) is 65.5. The molecule has 9 aromatic rings. The fourth-order valence-electron chi connectivity index (χ4n) is 7.91. The minimum absolute atomic E-state index is 0.892. The molecule has 1 aliphatic rings. The lowest BCUT2D eigenvalue weighted by Gasteiger charge is -2.21. The van der Waals surface area contributed by atoms with Crippen LogP contribution in [0.5, 0.6) is 0 Å². The summed E-state index contributed by atoms with van der Waals surface area (Å²) >= 11 is 0. The number of furan rings is 1. The molecule has 49 heavy (non-hydrogen) atoms. The monoisotopic (exact) mass is 622 g/mol. The first-order chi connectivity index (χ1) is 24.3. The Morgan fingerprint density at radius 1 is 0.306 bits per heavy atom. The summed E-state index contributed by atoms with van der Waals surface area (Å²) in [6.45, 7) is 0. The van der Waals surface area contributed by atoms with Crippen molar-refractivity contribution in [3.8, 4) is 78.1 Å². The molecule has 1 aromatic heterocycles. The molecule has 0 saturated carbocycles. The molecule has 0 unspecified atom stereocenters. The molecule has 0 atom stereocenters. The van der Waals surface area contributed by atoms with Crippen LogP contribution in [-0.2, 0) is 0 Å². The van der Waals surface area contributed by atoms with Crippen LogP contribution in [-0.4, -0.2) is 0 Å². The van der Waals surface area contributed by atoms with Crippen molar-refractivity contribution in [1.82, 2.24) is 0 Å². The average Bonchev–Trinajstić information content (AvgIpc) is 3.73. The molecule has 8 aromatic carbocycles. The third kappa shape index (κ3) is 4.33. The lowest BCUT2D eigenvalue weighted by Crippen LogP contribution is -1.94. The summed E-state index contributed by atoms with van der Waals surface area (Å²) in [5.74, 6) is 0.892. The molecule has 1 heterocycles. The van der Waals surface area contributed by atoms with Gasteiger partial charge in [-0.1, -0.05) is 170 Å². The second kappa shape index (κ2) is 11.1. The largest absolute Gasteiger partial charge is 0.455 e. The predicted octanol–water partition coefficient (Wildman–Crippen LogP) is 13.6. The smallest absolute Gasteiger partial charge is 0.143 e. The van der Waals surface area contributed by atoms with Crippen molar-refractivity contribution >= 4 is 21.7 Å². The highest BCUT2D eigenvalue weighted by molar-refractivity contribution is 6.22. The van der Waals surface area contributed by atoms with Crippen molar-refractivity contribution in [3.05, 3.63) is 182 Å². The summed E-state index contributed by atoms with van der Waals surface area (Å²) in [6.07, 6.45) is 0. The molecule has 0 aliphatic heterocycles. The van der Waals surface area contributed by atoms with Gasteiger partial charge in [-0.05, 0) is 84.1 Å². The van der Waals surface area contributed by atoms with Crippen LogP contribution in [0, 0.1) is 0 Å². The van der Waals surface area contributed by atoms with Gasteiger partial charge in [-0.15, -0.1) is 0 Å². The Kier molecular flexibility index (Phi) is 6.25. The molecule has 0 fully saturated rings. The van der Waals surface area contributed by atoms with Crippen molar-refractivity contribution in [1.29, 1.82) is 0 Å². The number of benzene rings is 8. The van der Waals surface area contributed by atoms with E-state index >= 15 is 0 Å². The summed E-state index contributed by atoms with van der Waals surface area (Å²) in [5.41, 5.74) is 16.8. The number of para-hydroxylation sites is 1. The number of rotatable bonds is 5. The van der Waals surface area contributed by atoms with Crippen LogP contribution in [0.15, 0.2) is 186 Å². The Bertz CT molecular complexity index is 2660. The second-order valence-electron chi connectivity index (χ2n) is 12.8. The van der Waals surface area contributed by atoms with Crippen LogP contribution in [0.1, 0.15) is 0 Å². The van der Waals surface area contributed by atoms with Gasteiger partial charge in [0.25, 0.3) is 0 Å². The van der Waals surface area contributed by atoms with Crippen molar-refractivity contribution in [3.63, 3.8) is 0 Å². The van der Waals surface area contributed by atoms with Crippen molar-refractivity contribution in [2.24, 2.45) is 0 Å². The zero-order chi connectivity index (χ0) is 32.3. The van der Waals surface area contributed by atoms with E-state index < -0.39 is 0 Å². The van der Waals surface area contributed by atoms with Gasteiger partial charge >= 0.3 is 0 Å². The summed E-state index contributed by atoms with van der Waals surface area (Å²) < 4.78 is 6.58. The predicted molar refractivity (Wildman–Crippen MR) is 205 cm³/mol. The highest BCUT2D eigenvalue weighted by Gasteiger charge is 2.30. The van der Waals surface area contributed by atoms with E-state index in [0.717, 1.165) is 33.4 Å². The first kappa shape index (κ1) is 27.7. The van der Waals surface area contributed by atoms with Crippen molar-refractivity contribution in [2.75, 3.05) is 0 Å². The number of hydrogen-bond donors (Lipinski definition) is 0. The number of hydrogen-bond acceptors (Lipinski definition) is 1. The first-order valence-corrected chi connectivity index (χ1v) is 16.9. The molecule has 10 rings (SSSR count). The quantitative estimate of drug-likeness (QED) is 0.186. The fraction of sp³-hybridized carbons (Fsp3) is 0. The van der Waals surface area contributed by atoms with E-state index in [9.17, 15) is 0 Å². The van der Waals surface area contributed by atoms with Gasteiger partial charge in [0, 0.05) is 16.5 Å². The molecule has 0 N–H and O–H groups in total. The summed E-state index contributed by atoms with van der Waals surface area (Å²) in [5, 5.41) is 3.73. The highest BCUT2D eigenvalue weighted by atomic mass is 16.3. The lowest BCUT2D eigenvalue weighted by atomic mass is 9.82. The van der Waals surface area contributed by atoms with E-state index in [1.54, 1.807) is 0 Å². The molecule has 0 bridgehead atoms. The maximum Gasteiger partial charge on any atom is 0.143 e. The molecule has 1 nitrogen and oxygen atoms in total. The number of fused-ring (bicyclic) bond motifs is 4. The Labute approximate surface area is 285 Å². The zero-order valence-corrected chi connectivity index (χ0v) is 26.7. The van der Waals surface area contributed by atoms with Crippen LogP contribution < -0.4 is 0 Å². The van der Waals surface area contributed by atoms with Crippen LogP contribution >= 0.6 is 0 Å². The average molecular weight is 623 g/mol. The van der Waals surface area contributed by atoms with Gasteiger partial charge in [0.1, 0.15) is 11.3 Å². The van der Waals surface area contributed by atoms with Crippen LogP contribution in [0.2, 0.25) is 0 Å². The molecule has 0 amide bonds. The van der Waals surface area contributed by atoms with Crippen molar-refractivity contribution < 1.29 is 4.42 Å². The van der Waals surface area contributed by atoms with Crippen LogP contribution in [0.25, 0.3) is 99.8 Å². The van der Waals surface area contributed by atoms with E-state index in [4.69, 9.17) is 4.42 Å². The third-order valence-corrected chi connectivity index (χ3v) is 10.0. The van der Waals surface area contributed by atoms with E-state index in [1.807, 2.05) is 6.07 Å². The highest BCUT2D eigenvalue weighted by Crippen LogP contribution is 2.57. The minimum atomic E-state index is 0.892. The van der Waals surface area contributed by atoms with Crippen LogP contribution in [0.4, 0.5) is 0 Å². The topological polar surface area (TPSA) is 13.1 Å². The standard InChI is InChI=1S/C48H30O/c1-4-14-31(15-5-1)41-30-40(44(34-16-6-2-7-17-34)47-39-24-13-21-33-20-12-23-38(43(33)39)46(41)47)32-26-28-36(29-27-32)48-45(35-18-8-3-9-19-35)37-22-10-11-25-42(37)49-48/h1-30H. The molecular weight excluding hydrogens is 593 g/mol. The molecule has 1 heteroatoms. The van der Waals surface area contributed by atoms with Gasteiger partial charge in [0.05, 0.1) is 0 Å². The maximum atomic E-state index is 6.58. The van der Waals surface area contributed by atoms with Gasteiger partial charge < -0.3 is 4.42 Å². The Morgan fingerprint density at radius 2 is 0.816 bits per heavy atom. The molecule has 0 saturated heterocycles. The van der Waals surface area contributed by atoms with Gasteiger partial charge in [0.15, 0.2) is 0 Å². The molecule has 0 radical (unpaired) electrons. The molecule has 228 valence electrons. The fourth-order valence-corrected chi connectivity index (χ4v) is 7.91. The van der Waals surface area contributed by atoms with E-state index in [0.29, 0.717) is 0 Å². The maximum absolute atomic E-state index is 6.58. The zero-order valence-electron chi connectivity index (χ0n) is 26.7. The van der Waals surface area contributed by atoms with E-state index in [1.165, 1.54) is 66.4 Å². The van der Waals surface area contributed by atoms with Gasteiger partial charge in [-0.25, -0.2) is 0 Å². The Hall–Kier alpha value is -6.44. The SMILES string of the molecule is c1ccc(-c2cc(-c3ccc(-c4oc5ccccc5c4-c4ccccc4)cc3)c(-c3ccccc3)c3c2-c2cccc4cccc-3c24)cc1. The van der Waals surface area contributed by atoms with E-state index in [-0.39, 0.29) is 0 Å². The minimum Gasteiger partial charge on any atom is -0.455 e. The molecule has 1 aliphatic carbocycles. The third-order valence-electron chi connectivity index (χ3n) is 10.0. The Balaban J connectivity index is 1.24. The van der Waals surface area contributed by atoms with Crippen molar-refractivity contribution in [2.45, 2.75) is 0 Å². The van der Waals surface area contributed by atoms with Gasteiger partial charge in [0.2, 0.25) is 0 Å². The first-order valence-electron chi connectivity index (χ1n) is 16.9. The molecular formula is C48H30O. The normalized spacial score (nSPS) is 11.7. The summed E-state index contributed by atoms with van der Waals surface area (Å²) in [4.78, 5) is 0. The second-order valence-corrected chi connectivity index (χ2v) is 12.8. The van der Waals surface area contributed by atoms with E-state index in [2.05, 4.69) is 176 Å². The Morgan fingerprint density at radius 3 is 1.49 bits per heavy atom.